The van der Waals surface area contributed by atoms with E-state index in [4.69, 9.17) is 0 Å². The molecule has 214 valence electrons. The highest BCUT2D eigenvalue weighted by molar-refractivity contribution is 7.25. The van der Waals surface area contributed by atoms with Crippen LogP contribution in [0.3, 0.4) is 0 Å². The van der Waals surface area contributed by atoms with Crippen LogP contribution in [-0.4, -0.2) is 0 Å². The molecule has 0 aliphatic carbocycles. The van der Waals surface area contributed by atoms with Gasteiger partial charge in [0.1, 0.15) is 0 Å². The molecule has 7 rings (SSSR count). The van der Waals surface area contributed by atoms with Gasteiger partial charge in [-0.2, -0.15) is 0 Å². The highest BCUT2D eigenvalue weighted by Crippen LogP contribution is 2.43. The van der Waals surface area contributed by atoms with Crippen molar-refractivity contribution in [2.24, 2.45) is 0 Å². The van der Waals surface area contributed by atoms with Gasteiger partial charge in [-0.3, -0.25) is 0 Å². The van der Waals surface area contributed by atoms with Crippen LogP contribution in [0.25, 0.3) is 64.0 Å². The summed E-state index contributed by atoms with van der Waals surface area (Å²) in [6.45, 7) is 16.2. The standard InChI is InChI=1S/C42H40S/c1-25(2)40-34-20-15-29(30-16-21-39-35(22-30)32-10-8-9-11-38(32)43-39)24-37(34)41(26(3)4)33-19-14-28(23-36(33)40)27-12-17-31(18-13-27)42(5,6)7/h8-26H,1-7H3. The molecule has 0 nitrogen and oxygen atoms in total. The second-order valence-corrected chi connectivity index (χ2v) is 14.9. The summed E-state index contributed by atoms with van der Waals surface area (Å²) in [5.41, 5.74) is 9.57. The molecule has 0 aliphatic heterocycles. The summed E-state index contributed by atoms with van der Waals surface area (Å²) in [6, 6.07) is 39.3. The second kappa shape index (κ2) is 10.4. The summed E-state index contributed by atoms with van der Waals surface area (Å²) in [5, 5.41) is 8.26. The first-order chi connectivity index (χ1) is 20.6. The Bertz CT molecular complexity index is 2150. The average molecular weight is 577 g/mol. The molecule has 0 unspecified atom stereocenters. The number of fused-ring (bicyclic) bond motifs is 5. The van der Waals surface area contributed by atoms with Crippen LogP contribution >= 0.6 is 11.3 Å². The number of hydrogen-bond donors (Lipinski definition) is 0. The molecule has 1 heterocycles. The summed E-state index contributed by atoms with van der Waals surface area (Å²) < 4.78 is 2.71. The van der Waals surface area contributed by atoms with E-state index in [0.29, 0.717) is 11.8 Å². The van der Waals surface area contributed by atoms with Crippen LogP contribution in [0, 0.1) is 0 Å². The predicted molar refractivity (Wildman–Crippen MR) is 192 cm³/mol. The maximum absolute atomic E-state index is 2.46. The minimum atomic E-state index is 0.153. The van der Waals surface area contributed by atoms with E-state index in [2.05, 4.69) is 152 Å². The van der Waals surface area contributed by atoms with E-state index >= 15 is 0 Å². The highest BCUT2D eigenvalue weighted by atomic mass is 32.1. The van der Waals surface area contributed by atoms with E-state index in [1.54, 1.807) is 0 Å². The third-order valence-corrected chi connectivity index (χ3v) is 10.3. The smallest absolute Gasteiger partial charge is 0.0355 e. The molecule has 1 aromatic heterocycles. The molecule has 7 aromatic rings. The van der Waals surface area contributed by atoms with E-state index in [-0.39, 0.29) is 5.41 Å². The Morgan fingerprint density at radius 1 is 0.442 bits per heavy atom. The quantitative estimate of drug-likeness (QED) is 0.183. The number of thiophene rings is 1. The Kier molecular flexibility index (Phi) is 6.71. The molecule has 0 N–H and O–H groups in total. The van der Waals surface area contributed by atoms with Crippen molar-refractivity contribution in [3.8, 4) is 22.3 Å². The highest BCUT2D eigenvalue weighted by Gasteiger charge is 2.20. The van der Waals surface area contributed by atoms with E-state index in [0.717, 1.165) is 0 Å². The predicted octanol–water partition coefficient (Wildman–Crippen LogP) is 13.2. The third-order valence-electron chi connectivity index (χ3n) is 9.15. The summed E-state index contributed by atoms with van der Waals surface area (Å²) >= 11 is 1.88. The maximum Gasteiger partial charge on any atom is 0.0355 e. The van der Waals surface area contributed by atoms with Crippen LogP contribution in [-0.2, 0) is 5.41 Å². The zero-order valence-electron chi connectivity index (χ0n) is 26.4. The van der Waals surface area contributed by atoms with Crippen LogP contribution in [0.2, 0.25) is 0 Å². The third kappa shape index (κ3) is 4.75. The van der Waals surface area contributed by atoms with Crippen molar-refractivity contribution in [2.45, 2.75) is 65.7 Å². The summed E-state index contributed by atoms with van der Waals surface area (Å²) in [6.07, 6.45) is 0. The van der Waals surface area contributed by atoms with Gasteiger partial charge in [0.15, 0.2) is 0 Å². The zero-order valence-corrected chi connectivity index (χ0v) is 27.2. The Morgan fingerprint density at radius 2 is 0.907 bits per heavy atom. The molecule has 0 saturated carbocycles. The fourth-order valence-corrected chi connectivity index (χ4v) is 8.05. The molecule has 1 heteroatoms. The van der Waals surface area contributed by atoms with E-state index in [1.165, 1.54) is 80.7 Å². The summed E-state index contributed by atoms with van der Waals surface area (Å²) in [7, 11) is 0. The van der Waals surface area contributed by atoms with Crippen molar-refractivity contribution in [3.63, 3.8) is 0 Å². The van der Waals surface area contributed by atoms with Gasteiger partial charge in [0.05, 0.1) is 0 Å². The monoisotopic (exact) mass is 576 g/mol. The van der Waals surface area contributed by atoms with Crippen molar-refractivity contribution in [1.82, 2.24) is 0 Å². The summed E-state index contributed by atoms with van der Waals surface area (Å²) in [4.78, 5) is 0. The second-order valence-electron chi connectivity index (χ2n) is 13.8. The Hall–Kier alpha value is -3.94. The van der Waals surface area contributed by atoms with Crippen molar-refractivity contribution in [2.75, 3.05) is 0 Å². The van der Waals surface area contributed by atoms with Crippen molar-refractivity contribution in [1.29, 1.82) is 0 Å². The number of rotatable bonds is 4. The zero-order chi connectivity index (χ0) is 30.0. The first kappa shape index (κ1) is 27.9. The fraction of sp³-hybridized carbons (Fsp3) is 0.238. The van der Waals surface area contributed by atoms with Crippen LogP contribution in [0.15, 0.2) is 103 Å². The molecule has 43 heavy (non-hydrogen) atoms. The van der Waals surface area contributed by atoms with Crippen molar-refractivity contribution < 1.29 is 0 Å². The SMILES string of the molecule is CC(C)c1c2ccc(-c3ccc4sc5ccccc5c4c3)cc2c(C(C)C)c2ccc(-c3ccc(C(C)(C)C)cc3)cc12. The van der Waals surface area contributed by atoms with Crippen LogP contribution in [0.1, 0.15) is 77.0 Å². The van der Waals surface area contributed by atoms with Gasteiger partial charge in [0.25, 0.3) is 0 Å². The van der Waals surface area contributed by atoms with Gasteiger partial charge in [0, 0.05) is 20.2 Å². The van der Waals surface area contributed by atoms with Crippen LogP contribution in [0.5, 0.6) is 0 Å². The fourth-order valence-electron chi connectivity index (χ4n) is 6.97. The Morgan fingerprint density at radius 3 is 1.47 bits per heavy atom. The van der Waals surface area contributed by atoms with Crippen LogP contribution < -0.4 is 0 Å². The molecule has 0 spiro atoms. The van der Waals surface area contributed by atoms with Gasteiger partial charge in [0.2, 0.25) is 0 Å². The lowest BCUT2D eigenvalue weighted by atomic mass is 9.81. The van der Waals surface area contributed by atoms with Gasteiger partial charge in [-0.05, 0) is 108 Å². The van der Waals surface area contributed by atoms with E-state index in [9.17, 15) is 0 Å². The molecule has 0 atom stereocenters. The average Bonchev–Trinajstić information content (AvgIpc) is 3.36. The Balaban J connectivity index is 1.43. The first-order valence-corrected chi connectivity index (χ1v) is 16.5. The molecule has 6 aromatic carbocycles. The lowest BCUT2D eigenvalue weighted by Gasteiger charge is -2.23. The number of hydrogen-bond acceptors (Lipinski definition) is 1. The maximum atomic E-state index is 2.46. The molecule has 0 bridgehead atoms. The first-order valence-electron chi connectivity index (χ1n) is 15.7. The topological polar surface area (TPSA) is 0 Å². The van der Waals surface area contributed by atoms with Gasteiger partial charge in [-0.25, -0.2) is 0 Å². The van der Waals surface area contributed by atoms with Crippen LogP contribution in [0.4, 0.5) is 0 Å². The van der Waals surface area contributed by atoms with Gasteiger partial charge in [-0.1, -0.05) is 121 Å². The lowest BCUT2D eigenvalue weighted by molar-refractivity contribution is 0.590. The minimum absolute atomic E-state index is 0.153. The van der Waals surface area contributed by atoms with E-state index in [1.807, 2.05) is 11.3 Å². The van der Waals surface area contributed by atoms with Crippen molar-refractivity contribution >= 4 is 53.1 Å². The Labute approximate surface area is 260 Å². The molecule has 0 aliphatic rings. The summed E-state index contributed by atoms with van der Waals surface area (Å²) in [5.74, 6) is 0.811. The van der Waals surface area contributed by atoms with E-state index < -0.39 is 0 Å². The minimum Gasteiger partial charge on any atom is -0.135 e. The molecule has 0 saturated heterocycles. The molecule has 0 fully saturated rings. The van der Waals surface area contributed by atoms with Gasteiger partial charge < -0.3 is 0 Å². The van der Waals surface area contributed by atoms with Gasteiger partial charge in [-0.15, -0.1) is 11.3 Å². The van der Waals surface area contributed by atoms with Gasteiger partial charge >= 0.3 is 0 Å². The largest absolute Gasteiger partial charge is 0.135 e. The molecular weight excluding hydrogens is 537 g/mol. The molecule has 0 amide bonds. The molecular formula is C42H40S. The normalized spacial score (nSPS) is 12.5. The molecule has 0 radical (unpaired) electrons. The van der Waals surface area contributed by atoms with Crippen molar-refractivity contribution in [3.05, 3.63) is 120 Å². The lowest BCUT2D eigenvalue weighted by Crippen LogP contribution is -2.10. The number of benzene rings is 6.